The average molecular weight is 569 g/mol. The van der Waals surface area contributed by atoms with E-state index in [1.165, 1.54) is 0 Å². The Morgan fingerprint density at radius 3 is 2.27 bits per heavy atom. The van der Waals surface area contributed by atoms with E-state index < -0.39 is 12.0 Å². The van der Waals surface area contributed by atoms with Gasteiger partial charge in [-0.2, -0.15) is 11.8 Å². The van der Waals surface area contributed by atoms with Crippen molar-refractivity contribution >= 4 is 29.3 Å². The molecule has 0 spiro atoms. The number of hydrogen-bond acceptors (Lipinski definition) is 5. The van der Waals surface area contributed by atoms with E-state index >= 15 is 0 Å². The maximum Gasteiger partial charge on any atom is 0.326 e. The van der Waals surface area contributed by atoms with Crippen LogP contribution in [-0.2, 0) is 17.9 Å². The van der Waals surface area contributed by atoms with E-state index in [2.05, 4.69) is 34.5 Å². The van der Waals surface area contributed by atoms with Crippen molar-refractivity contribution in [3.63, 3.8) is 0 Å². The van der Waals surface area contributed by atoms with Gasteiger partial charge in [0.25, 0.3) is 5.91 Å². The first-order chi connectivity index (χ1) is 19.9. The fraction of sp³-hybridized carbons (Fsp3) is 0.235. The number of carbonyl (C=O) groups excluding carboxylic acids is 1. The number of carboxylic acid groups (broad SMARTS) is 1. The highest BCUT2D eigenvalue weighted by Crippen LogP contribution is 2.30. The highest BCUT2D eigenvalue weighted by Gasteiger charge is 2.23. The number of benzene rings is 4. The van der Waals surface area contributed by atoms with Crippen molar-refractivity contribution in [1.82, 2.24) is 5.32 Å². The van der Waals surface area contributed by atoms with Crippen LogP contribution in [-0.4, -0.2) is 42.1 Å². The molecule has 0 aliphatic carbocycles. The molecule has 4 aromatic carbocycles. The van der Waals surface area contributed by atoms with Crippen molar-refractivity contribution in [2.45, 2.75) is 32.5 Å². The first-order valence-electron chi connectivity index (χ1n) is 13.5. The Hall–Kier alpha value is -4.23. The van der Waals surface area contributed by atoms with Gasteiger partial charge < -0.3 is 20.1 Å². The van der Waals surface area contributed by atoms with Crippen molar-refractivity contribution in [2.75, 3.05) is 24.0 Å². The third-order valence-electron chi connectivity index (χ3n) is 6.98. The molecule has 0 heterocycles. The lowest BCUT2D eigenvalue weighted by molar-refractivity contribution is -0.139. The molecule has 0 aliphatic heterocycles. The van der Waals surface area contributed by atoms with Gasteiger partial charge in [0.1, 0.15) is 11.8 Å². The number of thioether (sulfide) groups is 1. The van der Waals surface area contributed by atoms with Gasteiger partial charge in [-0.25, -0.2) is 4.79 Å². The predicted octanol–water partition coefficient (Wildman–Crippen LogP) is 6.81. The Labute approximate surface area is 246 Å². The highest BCUT2D eigenvalue weighted by atomic mass is 32.2. The maximum absolute atomic E-state index is 13.5. The van der Waals surface area contributed by atoms with Crippen molar-refractivity contribution in [2.24, 2.45) is 0 Å². The lowest BCUT2D eigenvalue weighted by Gasteiger charge is -2.26. The number of aryl methyl sites for hydroxylation is 1. The van der Waals surface area contributed by atoms with Gasteiger partial charge in [0, 0.05) is 24.3 Å². The largest absolute Gasteiger partial charge is 0.497 e. The van der Waals surface area contributed by atoms with Gasteiger partial charge >= 0.3 is 5.97 Å². The van der Waals surface area contributed by atoms with E-state index in [0.29, 0.717) is 30.8 Å². The first kappa shape index (κ1) is 29.7. The molecule has 1 amide bonds. The molecule has 0 saturated heterocycles. The summed E-state index contributed by atoms with van der Waals surface area (Å²) in [5.41, 5.74) is 6.44. The monoisotopic (exact) mass is 568 g/mol. The molecule has 0 saturated carbocycles. The van der Waals surface area contributed by atoms with Crippen LogP contribution in [0.5, 0.6) is 5.75 Å². The van der Waals surface area contributed by atoms with Crippen LogP contribution in [0, 0.1) is 6.92 Å². The quantitative estimate of drug-likeness (QED) is 0.184. The average Bonchev–Trinajstić information content (AvgIpc) is 2.99. The number of para-hydroxylation sites is 1. The first-order valence-corrected chi connectivity index (χ1v) is 14.9. The van der Waals surface area contributed by atoms with Gasteiger partial charge in [0.05, 0.1) is 7.11 Å². The van der Waals surface area contributed by atoms with Gasteiger partial charge in [0.2, 0.25) is 0 Å². The van der Waals surface area contributed by atoms with E-state index in [4.69, 9.17) is 4.74 Å². The summed E-state index contributed by atoms with van der Waals surface area (Å²) in [4.78, 5) is 27.6. The molecular weight excluding hydrogens is 532 g/mol. The van der Waals surface area contributed by atoms with E-state index in [9.17, 15) is 14.7 Å². The Bertz CT molecular complexity index is 1470. The summed E-state index contributed by atoms with van der Waals surface area (Å²) >= 11 is 1.55. The van der Waals surface area contributed by atoms with Gasteiger partial charge in [-0.15, -0.1) is 0 Å². The zero-order chi connectivity index (χ0) is 29.2. The lowest BCUT2D eigenvalue weighted by Crippen LogP contribution is -2.41. The predicted molar refractivity (Wildman–Crippen MR) is 168 cm³/mol. The van der Waals surface area contributed by atoms with Gasteiger partial charge in [-0.1, -0.05) is 60.7 Å². The number of hydrogen-bond donors (Lipinski definition) is 2. The molecule has 0 aromatic heterocycles. The summed E-state index contributed by atoms with van der Waals surface area (Å²) in [5.74, 6) is 0.0331. The minimum absolute atomic E-state index is 0.357. The van der Waals surface area contributed by atoms with Gasteiger partial charge in [-0.05, 0) is 89.6 Å². The fourth-order valence-corrected chi connectivity index (χ4v) is 5.28. The van der Waals surface area contributed by atoms with Crippen LogP contribution in [0.1, 0.15) is 33.5 Å². The molecule has 0 radical (unpaired) electrons. The molecule has 41 heavy (non-hydrogen) atoms. The van der Waals surface area contributed by atoms with Crippen LogP contribution < -0.4 is 15.0 Å². The summed E-state index contributed by atoms with van der Waals surface area (Å²) < 4.78 is 5.44. The summed E-state index contributed by atoms with van der Waals surface area (Å²) in [6.07, 6.45) is 2.28. The number of amides is 1. The van der Waals surface area contributed by atoms with Crippen LogP contribution in [0.3, 0.4) is 0 Å². The summed E-state index contributed by atoms with van der Waals surface area (Å²) in [6, 6.07) is 31.1. The van der Waals surface area contributed by atoms with Gasteiger partial charge in [0.15, 0.2) is 0 Å². The Morgan fingerprint density at radius 2 is 1.59 bits per heavy atom. The number of rotatable bonds is 13. The third kappa shape index (κ3) is 7.92. The number of anilines is 1. The zero-order valence-corrected chi connectivity index (χ0v) is 24.5. The summed E-state index contributed by atoms with van der Waals surface area (Å²) in [7, 11) is 1.67. The normalized spacial score (nSPS) is 11.5. The molecule has 0 bridgehead atoms. The molecule has 0 aliphatic rings. The van der Waals surface area contributed by atoms with Crippen LogP contribution in [0.25, 0.3) is 11.1 Å². The van der Waals surface area contributed by atoms with Gasteiger partial charge in [-0.3, -0.25) is 4.79 Å². The number of nitrogens with one attached hydrogen (secondary N) is 1. The van der Waals surface area contributed by atoms with Crippen molar-refractivity contribution in [3.8, 4) is 16.9 Å². The van der Waals surface area contributed by atoms with E-state index in [-0.39, 0.29) is 5.91 Å². The number of methoxy groups -OCH3 is 1. The third-order valence-corrected chi connectivity index (χ3v) is 7.62. The highest BCUT2D eigenvalue weighted by molar-refractivity contribution is 7.98. The molecular formula is C34H36N2O4S. The van der Waals surface area contributed by atoms with Crippen molar-refractivity contribution in [3.05, 3.63) is 119 Å². The summed E-state index contributed by atoms with van der Waals surface area (Å²) in [5, 5.41) is 12.4. The second kappa shape index (κ2) is 14.4. The number of carbonyl (C=O) groups is 2. The standard InChI is InChI=1S/C34H36N2O4S/c1-24-10-7-8-15-29(24)31-21-26(16-17-30(31)33(37)35-32(34(38)39)18-19-41-3)23-36(27-12-5-4-6-13-27)22-25-11-9-14-28(20-25)40-2/h4-17,20-21,32H,18-19,22-23H2,1-3H3,(H,35,37)(H,38,39)/t32-/m0/s1. The Balaban J connectivity index is 1.71. The fourth-order valence-electron chi connectivity index (χ4n) is 4.80. The second-order valence-corrected chi connectivity index (χ2v) is 10.9. The lowest BCUT2D eigenvalue weighted by atomic mass is 9.93. The van der Waals surface area contributed by atoms with Crippen molar-refractivity contribution in [1.29, 1.82) is 0 Å². The number of ether oxygens (including phenoxy) is 1. The number of nitrogens with zero attached hydrogens (tertiary/aromatic N) is 1. The SMILES string of the molecule is COc1cccc(CN(Cc2ccc(C(=O)N[C@@H](CCSC)C(=O)O)c(-c3ccccc3C)c2)c2ccccc2)c1. The van der Waals surface area contributed by atoms with Crippen LogP contribution in [0.15, 0.2) is 97.1 Å². The minimum atomic E-state index is -1.03. The molecule has 4 aromatic rings. The van der Waals surface area contributed by atoms with Crippen LogP contribution in [0.4, 0.5) is 5.69 Å². The molecule has 7 heteroatoms. The maximum atomic E-state index is 13.5. The van der Waals surface area contributed by atoms with E-state index in [1.54, 1.807) is 18.9 Å². The van der Waals surface area contributed by atoms with Crippen LogP contribution >= 0.6 is 11.8 Å². The van der Waals surface area contributed by atoms with Crippen LogP contribution in [0.2, 0.25) is 0 Å². The topological polar surface area (TPSA) is 78.9 Å². The van der Waals surface area contributed by atoms with E-state index in [1.807, 2.05) is 86.0 Å². The molecule has 212 valence electrons. The number of carboxylic acids is 1. The second-order valence-electron chi connectivity index (χ2n) is 9.88. The molecule has 2 N–H and O–H groups in total. The molecule has 1 atom stereocenters. The molecule has 4 rings (SSSR count). The van der Waals surface area contributed by atoms with Crippen molar-refractivity contribution < 1.29 is 19.4 Å². The Kier molecular flexibility index (Phi) is 10.5. The molecule has 0 fully saturated rings. The smallest absolute Gasteiger partial charge is 0.326 e. The molecule has 6 nitrogen and oxygen atoms in total. The minimum Gasteiger partial charge on any atom is -0.497 e. The zero-order valence-electron chi connectivity index (χ0n) is 23.7. The summed E-state index contributed by atoms with van der Waals surface area (Å²) in [6.45, 7) is 3.29. The number of aliphatic carboxylic acids is 1. The molecule has 0 unspecified atom stereocenters. The Morgan fingerprint density at radius 1 is 0.878 bits per heavy atom. The van der Waals surface area contributed by atoms with E-state index in [0.717, 1.165) is 39.3 Å².